The van der Waals surface area contributed by atoms with Crippen LogP contribution in [0.4, 0.5) is 0 Å². The zero-order chi connectivity index (χ0) is 10.8. The lowest BCUT2D eigenvalue weighted by atomic mass is 10.1. The maximum atomic E-state index is 5.52. The van der Waals surface area contributed by atoms with Crippen molar-refractivity contribution in [1.82, 2.24) is 5.32 Å². The summed E-state index contributed by atoms with van der Waals surface area (Å²) in [5, 5.41) is 4.44. The van der Waals surface area contributed by atoms with Gasteiger partial charge in [0.25, 0.3) is 0 Å². The Bertz CT molecular complexity index is 464. The number of rotatable bonds is 3. The van der Waals surface area contributed by atoms with E-state index in [0.717, 1.165) is 16.5 Å². The third-order valence-corrected chi connectivity index (χ3v) is 3.13. The van der Waals surface area contributed by atoms with Gasteiger partial charge >= 0.3 is 0 Å². The molecule has 1 heterocycles. The topological polar surface area (TPSA) is 25.2 Å². The van der Waals surface area contributed by atoms with Gasteiger partial charge in [-0.3, -0.25) is 0 Å². The molecule has 0 aliphatic rings. The number of hydrogen-bond acceptors (Lipinski definition) is 2. The molecule has 0 bridgehead atoms. The molecule has 2 rings (SSSR count). The van der Waals surface area contributed by atoms with Crippen LogP contribution in [0.1, 0.15) is 12.5 Å². The molecule has 1 N–H and O–H groups in total. The molecular weight excluding hydrogens is 254 g/mol. The molecule has 0 saturated carbocycles. The second-order valence-electron chi connectivity index (χ2n) is 3.80. The van der Waals surface area contributed by atoms with E-state index in [1.54, 1.807) is 0 Å². The van der Waals surface area contributed by atoms with Crippen LogP contribution in [0.25, 0.3) is 11.0 Å². The van der Waals surface area contributed by atoms with Crippen molar-refractivity contribution in [1.29, 1.82) is 0 Å². The first-order valence-electron chi connectivity index (χ1n) is 5.03. The molecule has 1 unspecified atom stereocenters. The molecular formula is C12H14BrNO. The van der Waals surface area contributed by atoms with Crippen molar-refractivity contribution in [2.24, 2.45) is 0 Å². The third kappa shape index (κ3) is 2.24. The van der Waals surface area contributed by atoms with Crippen LogP contribution in [0.2, 0.25) is 0 Å². The van der Waals surface area contributed by atoms with E-state index in [1.165, 1.54) is 10.9 Å². The Morgan fingerprint density at radius 3 is 3.00 bits per heavy atom. The largest absolute Gasteiger partial charge is 0.464 e. The summed E-state index contributed by atoms with van der Waals surface area (Å²) in [5.74, 6) is 0. The van der Waals surface area contributed by atoms with Crippen molar-refractivity contribution in [2.45, 2.75) is 19.4 Å². The minimum Gasteiger partial charge on any atom is -0.464 e. The van der Waals surface area contributed by atoms with E-state index in [-0.39, 0.29) is 0 Å². The third-order valence-electron chi connectivity index (χ3n) is 2.64. The minimum absolute atomic E-state index is 0.467. The van der Waals surface area contributed by atoms with E-state index in [0.29, 0.717) is 6.04 Å². The lowest BCUT2D eigenvalue weighted by Gasteiger charge is -2.07. The average Bonchev–Trinajstić information content (AvgIpc) is 2.60. The Morgan fingerprint density at radius 2 is 2.27 bits per heavy atom. The van der Waals surface area contributed by atoms with Crippen molar-refractivity contribution in [3.8, 4) is 0 Å². The van der Waals surface area contributed by atoms with Gasteiger partial charge in [0.2, 0.25) is 0 Å². The first kappa shape index (κ1) is 10.7. The molecule has 1 aromatic carbocycles. The summed E-state index contributed by atoms with van der Waals surface area (Å²) in [4.78, 5) is 0. The molecule has 1 atom stereocenters. The second-order valence-corrected chi connectivity index (χ2v) is 4.71. The number of nitrogens with one attached hydrogen (secondary N) is 1. The lowest BCUT2D eigenvalue weighted by molar-refractivity contribution is 0.583. The predicted molar refractivity (Wildman–Crippen MR) is 66.1 cm³/mol. The highest BCUT2D eigenvalue weighted by atomic mass is 79.9. The lowest BCUT2D eigenvalue weighted by Crippen LogP contribution is -2.23. The van der Waals surface area contributed by atoms with Gasteiger partial charge in [0.05, 0.1) is 6.26 Å². The number of hydrogen-bond donors (Lipinski definition) is 1. The molecule has 3 heteroatoms. The number of likely N-dealkylation sites (N-methyl/N-ethyl adjacent to an activating group) is 1. The molecule has 0 aliphatic heterocycles. The molecule has 2 aromatic rings. The first-order valence-corrected chi connectivity index (χ1v) is 5.83. The van der Waals surface area contributed by atoms with E-state index < -0.39 is 0 Å². The molecule has 0 spiro atoms. The highest BCUT2D eigenvalue weighted by molar-refractivity contribution is 9.10. The van der Waals surface area contributed by atoms with Gasteiger partial charge in [-0.15, -0.1) is 0 Å². The SMILES string of the molecule is CNC(C)Cc1coc2cc(Br)ccc12. The van der Waals surface area contributed by atoms with Crippen LogP contribution in [0.3, 0.4) is 0 Å². The molecule has 0 fully saturated rings. The molecule has 0 aliphatic carbocycles. The van der Waals surface area contributed by atoms with Gasteiger partial charge in [-0.1, -0.05) is 15.9 Å². The smallest absolute Gasteiger partial charge is 0.135 e. The summed E-state index contributed by atoms with van der Waals surface area (Å²) >= 11 is 3.43. The molecule has 0 radical (unpaired) electrons. The van der Waals surface area contributed by atoms with Crippen LogP contribution in [-0.2, 0) is 6.42 Å². The summed E-state index contributed by atoms with van der Waals surface area (Å²) in [6.07, 6.45) is 2.84. The molecule has 2 nitrogen and oxygen atoms in total. The molecule has 0 saturated heterocycles. The standard InChI is InChI=1S/C12H14BrNO/c1-8(14-2)5-9-7-15-12-6-10(13)3-4-11(9)12/h3-4,6-8,14H,5H2,1-2H3. The van der Waals surface area contributed by atoms with Crippen molar-refractivity contribution in [3.63, 3.8) is 0 Å². The Balaban J connectivity index is 2.36. The monoisotopic (exact) mass is 267 g/mol. The Morgan fingerprint density at radius 1 is 1.47 bits per heavy atom. The fourth-order valence-electron chi connectivity index (χ4n) is 1.65. The molecule has 15 heavy (non-hydrogen) atoms. The Labute approximate surface area is 97.8 Å². The second kappa shape index (κ2) is 4.37. The van der Waals surface area contributed by atoms with Crippen LogP contribution < -0.4 is 5.32 Å². The number of furan rings is 1. The minimum atomic E-state index is 0.467. The fraction of sp³-hybridized carbons (Fsp3) is 0.333. The van der Waals surface area contributed by atoms with Gasteiger partial charge in [-0.2, -0.15) is 0 Å². The summed E-state index contributed by atoms with van der Waals surface area (Å²) in [7, 11) is 1.98. The van der Waals surface area contributed by atoms with Gasteiger partial charge < -0.3 is 9.73 Å². The van der Waals surface area contributed by atoms with Gasteiger partial charge in [0.15, 0.2) is 0 Å². The van der Waals surface area contributed by atoms with Crippen molar-refractivity contribution in [2.75, 3.05) is 7.05 Å². The van der Waals surface area contributed by atoms with Crippen molar-refractivity contribution < 1.29 is 4.42 Å². The van der Waals surface area contributed by atoms with E-state index in [1.807, 2.05) is 25.4 Å². The van der Waals surface area contributed by atoms with E-state index in [4.69, 9.17) is 4.42 Å². The van der Waals surface area contributed by atoms with Crippen LogP contribution in [0, 0.1) is 0 Å². The Kier molecular flexibility index (Phi) is 3.12. The highest BCUT2D eigenvalue weighted by Gasteiger charge is 2.08. The number of halogens is 1. The van der Waals surface area contributed by atoms with E-state index in [2.05, 4.69) is 34.2 Å². The normalized spacial score (nSPS) is 13.3. The molecule has 1 aromatic heterocycles. The van der Waals surface area contributed by atoms with Crippen LogP contribution in [-0.4, -0.2) is 13.1 Å². The van der Waals surface area contributed by atoms with Gasteiger partial charge in [0.1, 0.15) is 5.58 Å². The summed E-state index contributed by atoms with van der Waals surface area (Å²) in [6, 6.07) is 6.61. The highest BCUT2D eigenvalue weighted by Crippen LogP contribution is 2.25. The summed E-state index contributed by atoms with van der Waals surface area (Å²) < 4.78 is 6.57. The van der Waals surface area contributed by atoms with Gasteiger partial charge in [-0.25, -0.2) is 0 Å². The summed E-state index contributed by atoms with van der Waals surface area (Å²) in [6.45, 7) is 2.16. The zero-order valence-electron chi connectivity index (χ0n) is 8.88. The van der Waals surface area contributed by atoms with Crippen LogP contribution in [0.15, 0.2) is 33.4 Å². The number of benzene rings is 1. The quantitative estimate of drug-likeness (QED) is 0.923. The molecule has 0 amide bonds. The van der Waals surface area contributed by atoms with Crippen LogP contribution >= 0.6 is 15.9 Å². The van der Waals surface area contributed by atoms with Gasteiger partial charge in [0, 0.05) is 15.9 Å². The van der Waals surface area contributed by atoms with Crippen molar-refractivity contribution in [3.05, 3.63) is 34.5 Å². The first-order chi connectivity index (χ1) is 7.20. The van der Waals surface area contributed by atoms with E-state index >= 15 is 0 Å². The fourth-order valence-corrected chi connectivity index (χ4v) is 1.99. The van der Waals surface area contributed by atoms with E-state index in [9.17, 15) is 0 Å². The predicted octanol–water partition coefficient (Wildman–Crippen LogP) is 3.35. The van der Waals surface area contributed by atoms with Crippen molar-refractivity contribution >= 4 is 26.9 Å². The zero-order valence-corrected chi connectivity index (χ0v) is 10.5. The summed E-state index contributed by atoms with van der Waals surface area (Å²) in [5.41, 5.74) is 2.21. The Hall–Kier alpha value is -0.800. The maximum Gasteiger partial charge on any atom is 0.135 e. The maximum absolute atomic E-state index is 5.52. The number of fused-ring (bicyclic) bond motifs is 1. The van der Waals surface area contributed by atoms with Crippen LogP contribution in [0.5, 0.6) is 0 Å². The average molecular weight is 268 g/mol. The molecule has 80 valence electrons. The van der Waals surface area contributed by atoms with Gasteiger partial charge in [-0.05, 0) is 44.2 Å².